The number of nitrogens with zero attached hydrogens (tertiary/aromatic N) is 4. The molecule has 186 valence electrons. The van der Waals surface area contributed by atoms with Crippen molar-refractivity contribution in [3.63, 3.8) is 0 Å². The fraction of sp³-hybridized carbons (Fsp3) is 0.304. The maximum absolute atomic E-state index is 13.6. The van der Waals surface area contributed by atoms with Crippen molar-refractivity contribution in [1.29, 1.82) is 0 Å². The number of aromatic nitrogens is 3. The summed E-state index contributed by atoms with van der Waals surface area (Å²) in [7, 11) is 1.62. The Morgan fingerprint density at radius 1 is 1.11 bits per heavy atom. The number of alkyl halides is 3. The summed E-state index contributed by atoms with van der Waals surface area (Å²) in [4.78, 5) is 31.6. The van der Waals surface area contributed by atoms with Gasteiger partial charge in [-0.2, -0.15) is 13.2 Å². The van der Waals surface area contributed by atoms with E-state index in [1.54, 1.807) is 40.2 Å². The van der Waals surface area contributed by atoms with Crippen molar-refractivity contribution in [3.05, 3.63) is 71.0 Å². The summed E-state index contributed by atoms with van der Waals surface area (Å²) in [5.74, 6) is -2.55. The lowest BCUT2D eigenvalue weighted by molar-refractivity contribution is -0.137. The van der Waals surface area contributed by atoms with E-state index in [4.69, 9.17) is 4.74 Å². The molecule has 0 spiro atoms. The molecule has 0 atom stereocenters. The Labute approximate surface area is 197 Å². The second-order valence-electron chi connectivity index (χ2n) is 8.67. The van der Waals surface area contributed by atoms with Crippen LogP contribution in [-0.2, 0) is 24.5 Å². The van der Waals surface area contributed by atoms with Crippen LogP contribution in [0.15, 0.2) is 47.7 Å². The van der Waals surface area contributed by atoms with Gasteiger partial charge in [-0.15, -0.1) is 4.99 Å². The molecule has 3 rings (SSSR count). The number of carboxylic acids is 1. The Bertz CT molecular complexity index is 1350. The van der Waals surface area contributed by atoms with Gasteiger partial charge in [0, 0.05) is 25.0 Å². The number of carboxylic acid groups (broad SMARTS) is 1. The fourth-order valence-electron chi connectivity index (χ4n) is 3.25. The van der Waals surface area contributed by atoms with Crippen LogP contribution in [0.5, 0.6) is 0 Å². The molecule has 3 aromatic rings. The SMILES string of the molecule is Cn1ccn(Cc2cc(C(=O)O)nc(-c3ccc(F)cc3C(F)(F)F)c2)/c1=N\C(=O)OC(C)(C)C. The Kier molecular flexibility index (Phi) is 6.86. The number of halogens is 4. The van der Waals surface area contributed by atoms with E-state index in [0.717, 1.165) is 12.1 Å². The van der Waals surface area contributed by atoms with Crippen LogP contribution >= 0.6 is 0 Å². The first-order valence-electron chi connectivity index (χ1n) is 10.2. The van der Waals surface area contributed by atoms with Crippen LogP contribution in [0.2, 0.25) is 0 Å². The molecule has 0 aliphatic heterocycles. The molecule has 1 N–H and O–H groups in total. The molecule has 2 aromatic heterocycles. The van der Waals surface area contributed by atoms with Crippen LogP contribution in [0, 0.1) is 5.82 Å². The number of ether oxygens (including phenoxy) is 1. The van der Waals surface area contributed by atoms with Crippen molar-refractivity contribution >= 4 is 12.1 Å². The highest BCUT2D eigenvalue weighted by Crippen LogP contribution is 2.37. The standard InChI is InChI=1S/C23H22F4N4O4/c1-22(2,3)35-21(34)29-20-30(4)7-8-31(20)12-13-9-17(28-18(10-13)19(32)33)15-6-5-14(24)11-16(15)23(25,26)27/h5-11H,12H2,1-4H3,(H,32,33)/b29-20-. The van der Waals surface area contributed by atoms with Gasteiger partial charge in [0.05, 0.1) is 17.8 Å². The van der Waals surface area contributed by atoms with E-state index in [-0.39, 0.29) is 23.4 Å². The monoisotopic (exact) mass is 494 g/mol. The Balaban J connectivity index is 2.11. The lowest BCUT2D eigenvalue weighted by atomic mass is 10.0. The molecule has 0 unspecified atom stereocenters. The highest BCUT2D eigenvalue weighted by atomic mass is 19.4. The van der Waals surface area contributed by atoms with Gasteiger partial charge in [0.2, 0.25) is 5.62 Å². The van der Waals surface area contributed by atoms with Gasteiger partial charge in [-0.25, -0.2) is 19.0 Å². The van der Waals surface area contributed by atoms with Crippen molar-refractivity contribution in [2.24, 2.45) is 12.0 Å². The van der Waals surface area contributed by atoms with Crippen molar-refractivity contribution in [3.8, 4) is 11.3 Å². The molecule has 0 saturated heterocycles. The van der Waals surface area contributed by atoms with Gasteiger partial charge in [0.25, 0.3) is 0 Å². The number of amides is 1. The predicted molar refractivity (Wildman–Crippen MR) is 116 cm³/mol. The van der Waals surface area contributed by atoms with Gasteiger partial charge >= 0.3 is 18.2 Å². The maximum atomic E-state index is 13.6. The number of imidazole rings is 1. The number of hydrogen-bond donors (Lipinski definition) is 1. The van der Waals surface area contributed by atoms with Gasteiger partial charge in [0.15, 0.2) is 0 Å². The largest absolute Gasteiger partial charge is 0.477 e. The minimum Gasteiger partial charge on any atom is -0.477 e. The summed E-state index contributed by atoms with van der Waals surface area (Å²) < 4.78 is 62.4. The summed E-state index contributed by atoms with van der Waals surface area (Å²) in [6, 6.07) is 4.53. The topological polar surface area (TPSA) is 98.7 Å². The number of aryl methyl sites for hydroxylation is 1. The van der Waals surface area contributed by atoms with Crippen molar-refractivity contribution < 1.29 is 37.0 Å². The third kappa shape index (κ3) is 6.34. The second kappa shape index (κ2) is 9.35. The van der Waals surface area contributed by atoms with E-state index in [1.165, 1.54) is 21.3 Å². The van der Waals surface area contributed by atoms with Crippen LogP contribution in [0.3, 0.4) is 0 Å². The number of rotatable bonds is 4. The molecule has 8 nitrogen and oxygen atoms in total. The first-order chi connectivity index (χ1) is 16.1. The van der Waals surface area contributed by atoms with E-state index in [2.05, 4.69) is 9.98 Å². The summed E-state index contributed by atoms with van der Waals surface area (Å²) in [6.45, 7) is 4.98. The number of aromatic carboxylic acids is 1. The molecule has 0 saturated carbocycles. The van der Waals surface area contributed by atoms with E-state index in [0.29, 0.717) is 6.07 Å². The third-order valence-corrected chi connectivity index (χ3v) is 4.65. The van der Waals surface area contributed by atoms with Gasteiger partial charge in [-0.1, -0.05) is 0 Å². The second-order valence-corrected chi connectivity index (χ2v) is 8.67. The molecule has 12 heteroatoms. The number of benzene rings is 1. The Morgan fingerprint density at radius 2 is 1.80 bits per heavy atom. The molecular formula is C23H22F4N4O4. The summed E-state index contributed by atoms with van der Waals surface area (Å²) >= 11 is 0. The lowest BCUT2D eigenvalue weighted by Crippen LogP contribution is -2.29. The van der Waals surface area contributed by atoms with E-state index < -0.39 is 46.5 Å². The lowest BCUT2D eigenvalue weighted by Gasteiger charge is -2.17. The molecule has 2 heterocycles. The van der Waals surface area contributed by atoms with Crippen LogP contribution < -0.4 is 5.62 Å². The first kappa shape index (κ1) is 25.7. The quantitative estimate of drug-likeness (QED) is 0.534. The molecule has 0 radical (unpaired) electrons. The van der Waals surface area contributed by atoms with E-state index in [9.17, 15) is 32.3 Å². The van der Waals surface area contributed by atoms with Crippen molar-refractivity contribution in [2.45, 2.75) is 39.1 Å². The molecule has 0 fully saturated rings. The molecule has 0 aliphatic rings. The minimum atomic E-state index is -4.90. The number of pyridine rings is 1. The zero-order valence-electron chi connectivity index (χ0n) is 19.2. The molecule has 1 aromatic carbocycles. The number of carbonyl (C=O) groups is 2. The average Bonchev–Trinajstić information content (AvgIpc) is 3.04. The van der Waals surface area contributed by atoms with Crippen LogP contribution in [0.4, 0.5) is 22.4 Å². The Morgan fingerprint density at radius 3 is 2.40 bits per heavy atom. The number of hydrogen-bond acceptors (Lipinski definition) is 4. The zero-order chi connectivity index (χ0) is 26.1. The predicted octanol–water partition coefficient (Wildman–Crippen LogP) is 4.63. The normalized spacial score (nSPS) is 12.6. The van der Waals surface area contributed by atoms with Gasteiger partial charge in [-0.3, -0.25) is 0 Å². The number of carbonyl (C=O) groups excluding carboxylic acids is 1. The summed E-state index contributed by atoms with van der Waals surface area (Å²) in [5, 5.41) is 9.47. The Hall–Kier alpha value is -3.96. The first-order valence-corrected chi connectivity index (χ1v) is 10.2. The van der Waals surface area contributed by atoms with Gasteiger partial charge < -0.3 is 19.0 Å². The van der Waals surface area contributed by atoms with Crippen LogP contribution in [-0.4, -0.2) is 36.9 Å². The van der Waals surface area contributed by atoms with Crippen molar-refractivity contribution in [1.82, 2.24) is 14.1 Å². The molecule has 35 heavy (non-hydrogen) atoms. The highest BCUT2D eigenvalue weighted by Gasteiger charge is 2.34. The van der Waals surface area contributed by atoms with Crippen molar-refractivity contribution in [2.75, 3.05) is 0 Å². The fourth-order valence-corrected chi connectivity index (χ4v) is 3.25. The van der Waals surface area contributed by atoms with Gasteiger partial charge in [0.1, 0.15) is 17.1 Å². The summed E-state index contributed by atoms with van der Waals surface area (Å²) in [6.07, 6.45) is -2.60. The van der Waals surface area contributed by atoms with E-state index >= 15 is 0 Å². The summed E-state index contributed by atoms with van der Waals surface area (Å²) in [5.41, 5.74) is -2.91. The molecule has 0 bridgehead atoms. The maximum Gasteiger partial charge on any atom is 0.437 e. The van der Waals surface area contributed by atoms with Gasteiger partial charge in [-0.05, 0) is 56.7 Å². The molecular weight excluding hydrogens is 472 g/mol. The minimum absolute atomic E-state index is 0.0547. The highest BCUT2D eigenvalue weighted by molar-refractivity contribution is 5.86. The smallest absolute Gasteiger partial charge is 0.437 e. The zero-order valence-corrected chi connectivity index (χ0v) is 19.2. The van der Waals surface area contributed by atoms with E-state index in [1.807, 2.05) is 0 Å². The van der Waals surface area contributed by atoms with Crippen LogP contribution in [0.1, 0.15) is 42.4 Å². The molecule has 0 aliphatic carbocycles. The average molecular weight is 494 g/mol. The molecule has 1 amide bonds. The van der Waals surface area contributed by atoms with Crippen LogP contribution in [0.25, 0.3) is 11.3 Å². The third-order valence-electron chi connectivity index (χ3n) is 4.65.